The van der Waals surface area contributed by atoms with E-state index in [2.05, 4.69) is 5.32 Å². The molecule has 1 rings (SSSR count). The highest BCUT2D eigenvalue weighted by atomic mass is 16.5. The standard InChI is InChI=1S/C14H26N2O5/c1-4-13(2,11(17)18)9-15-12(19)16(3)10-14(20)5-7-21-8-6-14/h20H,4-10H2,1-3H3,(H,15,19)(H,17,18). The van der Waals surface area contributed by atoms with E-state index in [1.807, 2.05) is 0 Å². The molecule has 0 aromatic heterocycles. The molecule has 0 radical (unpaired) electrons. The van der Waals surface area contributed by atoms with Crippen molar-refractivity contribution in [2.45, 2.75) is 38.7 Å². The highest BCUT2D eigenvalue weighted by molar-refractivity contribution is 5.77. The van der Waals surface area contributed by atoms with Gasteiger partial charge in [0.2, 0.25) is 0 Å². The molecule has 0 aliphatic carbocycles. The third kappa shape index (κ3) is 4.86. The SMILES string of the molecule is CCC(C)(CNC(=O)N(C)CC1(O)CCOCC1)C(=O)O. The van der Waals surface area contributed by atoms with Gasteiger partial charge in [0.25, 0.3) is 0 Å². The van der Waals surface area contributed by atoms with Crippen LogP contribution in [0.1, 0.15) is 33.1 Å². The molecule has 1 fully saturated rings. The van der Waals surface area contributed by atoms with Gasteiger partial charge in [-0.1, -0.05) is 6.92 Å². The number of aliphatic hydroxyl groups is 1. The Morgan fingerprint density at radius 1 is 1.38 bits per heavy atom. The van der Waals surface area contributed by atoms with Crippen LogP contribution in [0.25, 0.3) is 0 Å². The third-order valence-electron chi connectivity index (χ3n) is 4.23. The summed E-state index contributed by atoms with van der Waals surface area (Å²) in [6, 6.07) is -0.379. The van der Waals surface area contributed by atoms with Crippen LogP contribution in [0.5, 0.6) is 0 Å². The number of hydrogen-bond donors (Lipinski definition) is 3. The van der Waals surface area contributed by atoms with Crippen molar-refractivity contribution < 1.29 is 24.5 Å². The van der Waals surface area contributed by atoms with E-state index in [9.17, 15) is 14.7 Å². The van der Waals surface area contributed by atoms with Crippen LogP contribution in [0.2, 0.25) is 0 Å². The average molecular weight is 302 g/mol. The van der Waals surface area contributed by atoms with Gasteiger partial charge in [-0.05, 0) is 13.3 Å². The second kappa shape index (κ2) is 7.09. The van der Waals surface area contributed by atoms with Gasteiger partial charge in [-0.3, -0.25) is 4.79 Å². The Kier molecular flexibility index (Phi) is 5.98. The smallest absolute Gasteiger partial charge is 0.317 e. The van der Waals surface area contributed by atoms with Crippen LogP contribution < -0.4 is 5.32 Å². The molecule has 1 atom stereocenters. The molecule has 122 valence electrons. The van der Waals surface area contributed by atoms with Crippen molar-refractivity contribution in [2.24, 2.45) is 5.41 Å². The first-order valence-corrected chi connectivity index (χ1v) is 7.25. The van der Waals surface area contributed by atoms with Crippen LogP contribution in [0.4, 0.5) is 4.79 Å². The first-order chi connectivity index (χ1) is 9.72. The maximum atomic E-state index is 12.0. The van der Waals surface area contributed by atoms with Gasteiger partial charge < -0.3 is 25.2 Å². The highest BCUT2D eigenvalue weighted by Crippen LogP contribution is 2.22. The van der Waals surface area contributed by atoms with E-state index in [1.165, 1.54) is 4.90 Å². The van der Waals surface area contributed by atoms with Crippen molar-refractivity contribution in [2.75, 3.05) is 33.4 Å². The number of carboxylic acids is 1. The average Bonchev–Trinajstić information content (AvgIpc) is 2.44. The monoisotopic (exact) mass is 302 g/mol. The summed E-state index contributed by atoms with van der Waals surface area (Å²) in [7, 11) is 1.59. The van der Waals surface area contributed by atoms with Gasteiger partial charge in [0.05, 0.1) is 17.6 Å². The number of nitrogens with zero attached hydrogens (tertiary/aromatic N) is 1. The van der Waals surface area contributed by atoms with Crippen LogP contribution in [0.15, 0.2) is 0 Å². The molecule has 1 saturated heterocycles. The van der Waals surface area contributed by atoms with Crippen LogP contribution >= 0.6 is 0 Å². The highest BCUT2D eigenvalue weighted by Gasteiger charge is 2.34. The number of carbonyl (C=O) groups excluding carboxylic acids is 1. The van der Waals surface area contributed by atoms with Gasteiger partial charge in [-0.15, -0.1) is 0 Å². The third-order valence-corrected chi connectivity index (χ3v) is 4.23. The summed E-state index contributed by atoms with van der Waals surface area (Å²) in [4.78, 5) is 24.6. The quantitative estimate of drug-likeness (QED) is 0.670. The number of nitrogens with one attached hydrogen (secondary N) is 1. The molecule has 2 amide bonds. The number of likely N-dealkylation sites (N-methyl/N-ethyl adjacent to an activating group) is 1. The maximum Gasteiger partial charge on any atom is 0.317 e. The van der Waals surface area contributed by atoms with E-state index in [1.54, 1.807) is 20.9 Å². The lowest BCUT2D eigenvalue weighted by Gasteiger charge is -2.35. The van der Waals surface area contributed by atoms with Crippen molar-refractivity contribution in [1.82, 2.24) is 10.2 Å². The van der Waals surface area contributed by atoms with E-state index in [0.717, 1.165) is 0 Å². The van der Waals surface area contributed by atoms with Crippen molar-refractivity contribution in [3.8, 4) is 0 Å². The van der Waals surface area contributed by atoms with Crippen molar-refractivity contribution in [3.63, 3.8) is 0 Å². The van der Waals surface area contributed by atoms with Gasteiger partial charge in [0.15, 0.2) is 0 Å². The van der Waals surface area contributed by atoms with Crippen LogP contribution in [0.3, 0.4) is 0 Å². The van der Waals surface area contributed by atoms with E-state index >= 15 is 0 Å². The summed E-state index contributed by atoms with van der Waals surface area (Å²) in [5.74, 6) is -0.934. The predicted octanol–water partition coefficient (Wildman–Crippen LogP) is 0.670. The Hall–Kier alpha value is -1.34. The number of carboxylic acid groups (broad SMARTS) is 1. The van der Waals surface area contributed by atoms with Crippen molar-refractivity contribution in [3.05, 3.63) is 0 Å². The van der Waals surface area contributed by atoms with Crippen LogP contribution in [0, 0.1) is 5.41 Å². The molecule has 1 heterocycles. The molecule has 1 unspecified atom stereocenters. The predicted molar refractivity (Wildman–Crippen MR) is 77.1 cm³/mol. The molecule has 7 nitrogen and oxygen atoms in total. The Labute approximate surface area is 125 Å². The molecule has 0 bridgehead atoms. The minimum absolute atomic E-state index is 0.0591. The van der Waals surface area contributed by atoms with Gasteiger partial charge >= 0.3 is 12.0 Å². The molecule has 21 heavy (non-hydrogen) atoms. The Morgan fingerprint density at radius 2 is 1.95 bits per heavy atom. The normalized spacial score (nSPS) is 20.4. The summed E-state index contributed by atoms with van der Waals surface area (Å²) in [5, 5.41) is 22.2. The summed E-state index contributed by atoms with van der Waals surface area (Å²) < 4.78 is 5.20. The zero-order chi connectivity index (χ0) is 16.1. The molecule has 0 aromatic carbocycles. The second-order valence-electron chi connectivity index (χ2n) is 6.07. The molecule has 0 aromatic rings. The number of carbonyl (C=O) groups is 2. The van der Waals surface area contributed by atoms with Gasteiger partial charge in [-0.2, -0.15) is 0 Å². The van der Waals surface area contributed by atoms with Gasteiger partial charge in [-0.25, -0.2) is 4.79 Å². The fourth-order valence-electron chi connectivity index (χ4n) is 2.18. The fourth-order valence-corrected chi connectivity index (χ4v) is 2.18. The molecule has 1 aliphatic rings. The number of aliphatic carboxylic acids is 1. The summed E-state index contributed by atoms with van der Waals surface area (Å²) in [6.07, 6.45) is 1.41. The Morgan fingerprint density at radius 3 is 2.43 bits per heavy atom. The number of urea groups is 1. The Bertz CT molecular complexity index is 382. The van der Waals surface area contributed by atoms with E-state index in [-0.39, 0.29) is 19.1 Å². The van der Waals surface area contributed by atoms with Crippen LogP contribution in [-0.4, -0.2) is 66.1 Å². The first-order valence-electron chi connectivity index (χ1n) is 7.25. The molecule has 0 spiro atoms. The molecule has 1 aliphatic heterocycles. The lowest BCUT2D eigenvalue weighted by Crippen LogP contribution is -2.51. The maximum absolute atomic E-state index is 12.0. The Balaban J connectivity index is 2.49. The topological polar surface area (TPSA) is 99.1 Å². The lowest BCUT2D eigenvalue weighted by molar-refractivity contribution is -0.147. The zero-order valence-corrected chi connectivity index (χ0v) is 13.0. The molecule has 7 heteroatoms. The van der Waals surface area contributed by atoms with Crippen molar-refractivity contribution in [1.29, 1.82) is 0 Å². The molecular formula is C14H26N2O5. The second-order valence-corrected chi connectivity index (χ2v) is 6.07. The molecular weight excluding hydrogens is 276 g/mol. The van der Waals surface area contributed by atoms with Crippen LogP contribution in [-0.2, 0) is 9.53 Å². The summed E-state index contributed by atoms with van der Waals surface area (Å²) >= 11 is 0. The largest absolute Gasteiger partial charge is 0.481 e. The minimum atomic E-state index is -0.980. The van der Waals surface area contributed by atoms with Gasteiger partial charge in [0, 0.05) is 39.6 Å². The molecule has 3 N–H and O–H groups in total. The van der Waals surface area contributed by atoms with E-state index < -0.39 is 17.0 Å². The van der Waals surface area contributed by atoms with Crippen molar-refractivity contribution >= 4 is 12.0 Å². The number of rotatable bonds is 6. The summed E-state index contributed by atoms with van der Waals surface area (Å²) in [6.45, 7) is 4.61. The summed E-state index contributed by atoms with van der Waals surface area (Å²) in [5.41, 5.74) is -1.91. The number of ether oxygens (including phenoxy) is 1. The van der Waals surface area contributed by atoms with E-state index in [0.29, 0.717) is 32.5 Å². The lowest BCUT2D eigenvalue weighted by atomic mass is 9.88. The number of hydrogen-bond acceptors (Lipinski definition) is 4. The minimum Gasteiger partial charge on any atom is -0.481 e. The van der Waals surface area contributed by atoms with Gasteiger partial charge in [0.1, 0.15) is 0 Å². The number of amides is 2. The first kappa shape index (κ1) is 17.7. The van der Waals surface area contributed by atoms with E-state index in [4.69, 9.17) is 9.84 Å². The fraction of sp³-hybridized carbons (Fsp3) is 0.857. The zero-order valence-electron chi connectivity index (χ0n) is 13.0. The molecule has 0 saturated carbocycles.